The normalized spacial score (nSPS) is 10.8. The lowest BCUT2D eigenvalue weighted by Gasteiger charge is -2.19. The molecule has 8 heteroatoms. The van der Waals surface area contributed by atoms with Crippen LogP contribution in [-0.4, -0.2) is 45.4 Å². The van der Waals surface area contributed by atoms with Crippen molar-refractivity contribution in [2.24, 2.45) is 0 Å². The van der Waals surface area contributed by atoms with E-state index in [1.165, 1.54) is 6.33 Å². The molecule has 0 radical (unpaired) electrons. The highest BCUT2D eigenvalue weighted by Crippen LogP contribution is 2.22. The molecular formula is C19H24N6O2. The summed E-state index contributed by atoms with van der Waals surface area (Å²) in [6.45, 7) is 8.44. The van der Waals surface area contributed by atoms with Crippen molar-refractivity contribution in [1.29, 1.82) is 0 Å². The summed E-state index contributed by atoms with van der Waals surface area (Å²) >= 11 is 0. The molecule has 8 nitrogen and oxygen atoms in total. The maximum atomic E-state index is 12.4. The summed E-state index contributed by atoms with van der Waals surface area (Å²) in [5, 5.41) is 8.04. The van der Waals surface area contributed by atoms with Gasteiger partial charge < -0.3 is 15.0 Å². The number of nitrogens with one attached hydrogen (secondary N) is 1. The molecule has 0 bridgehead atoms. The van der Waals surface area contributed by atoms with Crippen LogP contribution < -0.4 is 15.0 Å². The first kappa shape index (κ1) is 18.6. The fourth-order valence-corrected chi connectivity index (χ4v) is 2.91. The molecule has 142 valence electrons. The van der Waals surface area contributed by atoms with Crippen molar-refractivity contribution in [3.8, 4) is 5.75 Å². The van der Waals surface area contributed by atoms with Crippen LogP contribution in [0.4, 0.5) is 11.5 Å². The molecule has 0 fully saturated rings. The van der Waals surface area contributed by atoms with Gasteiger partial charge in [-0.15, -0.1) is 0 Å². The van der Waals surface area contributed by atoms with Gasteiger partial charge >= 0.3 is 0 Å². The van der Waals surface area contributed by atoms with Crippen LogP contribution in [0.25, 0.3) is 11.0 Å². The van der Waals surface area contributed by atoms with Crippen LogP contribution in [0.3, 0.4) is 0 Å². The van der Waals surface area contributed by atoms with Crippen LogP contribution in [0.2, 0.25) is 0 Å². The molecule has 1 aromatic carbocycles. The second kappa shape index (κ2) is 8.48. The van der Waals surface area contributed by atoms with E-state index in [1.54, 1.807) is 10.9 Å². The third kappa shape index (κ3) is 4.16. The number of carbonyl (C=O) groups is 1. The third-order valence-corrected chi connectivity index (χ3v) is 4.22. The lowest BCUT2D eigenvalue weighted by Crippen LogP contribution is -2.23. The number of hydrogen-bond donors (Lipinski definition) is 1. The molecule has 1 amide bonds. The van der Waals surface area contributed by atoms with E-state index in [0.717, 1.165) is 30.0 Å². The molecule has 1 N–H and O–H groups in total. The molecule has 0 spiro atoms. The molecule has 0 unspecified atom stereocenters. The average Bonchev–Trinajstić information content (AvgIpc) is 3.08. The van der Waals surface area contributed by atoms with E-state index in [4.69, 9.17) is 4.74 Å². The summed E-state index contributed by atoms with van der Waals surface area (Å²) in [6, 6.07) is 7.27. The van der Waals surface area contributed by atoms with Gasteiger partial charge in [-0.25, -0.2) is 14.6 Å². The number of hydrogen-bond acceptors (Lipinski definition) is 6. The summed E-state index contributed by atoms with van der Waals surface area (Å²) in [5.41, 5.74) is 1.35. The molecule has 0 atom stereocenters. The quantitative estimate of drug-likeness (QED) is 0.658. The van der Waals surface area contributed by atoms with E-state index in [-0.39, 0.29) is 12.5 Å². The molecule has 0 aliphatic carbocycles. The first-order valence-electron chi connectivity index (χ1n) is 9.10. The zero-order valence-electron chi connectivity index (χ0n) is 15.8. The Morgan fingerprint density at radius 1 is 1.15 bits per heavy atom. The summed E-state index contributed by atoms with van der Waals surface area (Å²) in [7, 11) is 0. The molecule has 0 saturated carbocycles. The van der Waals surface area contributed by atoms with E-state index >= 15 is 0 Å². The number of benzene rings is 1. The zero-order chi connectivity index (χ0) is 19.2. The van der Waals surface area contributed by atoms with E-state index in [1.807, 2.05) is 31.2 Å². The van der Waals surface area contributed by atoms with Gasteiger partial charge in [0.25, 0.3) is 0 Å². The SMILES string of the molecule is CCOc1ccc(NC(=O)Cn2ncc3c(N(CC)CC)ncnc32)cc1. The van der Waals surface area contributed by atoms with Crippen molar-refractivity contribution in [1.82, 2.24) is 19.7 Å². The number of carbonyl (C=O) groups excluding carboxylic acids is 1. The fraction of sp³-hybridized carbons (Fsp3) is 0.368. The topological polar surface area (TPSA) is 85.2 Å². The minimum atomic E-state index is -0.174. The van der Waals surface area contributed by atoms with Gasteiger partial charge in [-0.05, 0) is 45.0 Å². The van der Waals surface area contributed by atoms with Crippen LogP contribution in [0, 0.1) is 0 Å². The second-order valence-corrected chi connectivity index (χ2v) is 5.91. The summed E-state index contributed by atoms with van der Waals surface area (Å²) in [6.07, 6.45) is 3.23. The zero-order valence-corrected chi connectivity index (χ0v) is 15.8. The van der Waals surface area contributed by atoms with Crippen LogP contribution in [0.15, 0.2) is 36.8 Å². The number of anilines is 2. The maximum Gasteiger partial charge on any atom is 0.246 e. The highest BCUT2D eigenvalue weighted by atomic mass is 16.5. The summed E-state index contributed by atoms with van der Waals surface area (Å²) in [5.74, 6) is 1.43. The lowest BCUT2D eigenvalue weighted by atomic mass is 10.3. The molecule has 2 aromatic heterocycles. The number of rotatable bonds is 8. The summed E-state index contributed by atoms with van der Waals surface area (Å²) < 4.78 is 6.99. The Morgan fingerprint density at radius 2 is 1.89 bits per heavy atom. The predicted octanol–water partition coefficient (Wildman–Crippen LogP) is 2.71. The Kier molecular flexibility index (Phi) is 5.85. The van der Waals surface area contributed by atoms with Crippen LogP contribution >= 0.6 is 0 Å². The van der Waals surface area contributed by atoms with Gasteiger partial charge in [0.15, 0.2) is 5.65 Å². The lowest BCUT2D eigenvalue weighted by molar-refractivity contribution is -0.116. The molecule has 27 heavy (non-hydrogen) atoms. The van der Waals surface area contributed by atoms with Gasteiger partial charge in [-0.2, -0.15) is 5.10 Å². The molecule has 0 aliphatic heterocycles. The predicted molar refractivity (Wildman–Crippen MR) is 105 cm³/mol. The molecule has 2 heterocycles. The molecule has 3 rings (SSSR count). The first-order valence-corrected chi connectivity index (χ1v) is 9.10. The largest absolute Gasteiger partial charge is 0.494 e. The minimum Gasteiger partial charge on any atom is -0.494 e. The molecular weight excluding hydrogens is 344 g/mol. The molecule has 3 aromatic rings. The van der Waals surface area contributed by atoms with Gasteiger partial charge in [0, 0.05) is 18.8 Å². The van der Waals surface area contributed by atoms with E-state index < -0.39 is 0 Å². The Labute approximate surface area is 158 Å². The van der Waals surface area contributed by atoms with Gasteiger partial charge in [0.05, 0.1) is 18.2 Å². The number of aromatic nitrogens is 4. The standard InChI is InChI=1S/C19H24N6O2/c1-4-24(5-2)18-16-11-22-25(19(16)21-13-20-18)12-17(26)23-14-7-9-15(10-8-14)27-6-3/h7-11,13H,4-6,12H2,1-3H3,(H,23,26). The van der Waals surface area contributed by atoms with Gasteiger partial charge in [-0.1, -0.05) is 0 Å². The van der Waals surface area contributed by atoms with Gasteiger partial charge in [-0.3, -0.25) is 4.79 Å². The van der Waals surface area contributed by atoms with Gasteiger partial charge in [0.2, 0.25) is 5.91 Å². The Morgan fingerprint density at radius 3 is 2.56 bits per heavy atom. The highest BCUT2D eigenvalue weighted by Gasteiger charge is 2.15. The second-order valence-electron chi connectivity index (χ2n) is 5.91. The molecule has 0 saturated heterocycles. The highest BCUT2D eigenvalue weighted by molar-refractivity contribution is 5.92. The van der Waals surface area contributed by atoms with Crippen molar-refractivity contribution in [3.63, 3.8) is 0 Å². The van der Waals surface area contributed by atoms with E-state index in [0.29, 0.717) is 17.9 Å². The fourth-order valence-electron chi connectivity index (χ4n) is 2.91. The smallest absolute Gasteiger partial charge is 0.246 e. The number of nitrogens with zero attached hydrogens (tertiary/aromatic N) is 5. The monoisotopic (exact) mass is 368 g/mol. The number of ether oxygens (including phenoxy) is 1. The van der Waals surface area contributed by atoms with Crippen LogP contribution in [-0.2, 0) is 11.3 Å². The minimum absolute atomic E-state index is 0.0748. The number of fused-ring (bicyclic) bond motifs is 1. The number of amides is 1. The Bertz CT molecular complexity index is 902. The van der Waals surface area contributed by atoms with Crippen molar-refractivity contribution < 1.29 is 9.53 Å². The van der Waals surface area contributed by atoms with Crippen LogP contribution in [0.5, 0.6) is 5.75 Å². The average molecular weight is 368 g/mol. The third-order valence-electron chi connectivity index (χ3n) is 4.22. The first-order chi connectivity index (χ1) is 13.2. The van der Waals surface area contributed by atoms with Crippen molar-refractivity contribution in [3.05, 3.63) is 36.8 Å². The van der Waals surface area contributed by atoms with Crippen molar-refractivity contribution in [2.45, 2.75) is 27.3 Å². The van der Waals surface area contributed by atoms with Crippen molar-refractivity contribution in [2.75, 3.05) is 29.9 Å². The van der Waals surface area contributed by atoms with Crippen LogP contribution in [0.1, 0.15) is 20.8 Å². The van der Waals surface area contributed by atoms with E-state index in [9.17, 15) is 4.79 Å². The van der Waals surface area contributed by atoms with Crippen molar-refractivity contribution >= 4 is 28.4 Å². The Hall–Kier alpha value is -3.16. The molecule has 0 aliphatic rings. The summed E-state index contributed by atoms with van der Waals surface area (Å²) in [4.78, 5) is 23.2. The Balaban J connectivity index is 1.74. The van der Waals surface area contributed by atoms with E-state index in [2.05, 4.69) is 39.1 Å². The van der Waals surface area contributed by atoms with Gasteiger partial charge in [0.1, 0.15) is 24.4 Å². The maximum absolute atomic E-state index is 12.4.